The van der Waals surface area contributed by atoms with Crippen molar-refractivity contribution in [3.63, 3.8) is 0 Å². The summed E-state index contributed by atoms with van der Waals surface area (Å²) in [6.07, 6.45) is 80.3. The van der Waals surface area contributed by atoms with Crippen molar-refractivity contribution >= 4 is 17.9 Å². The number of ether oxygens (including phenoxy) is 3. The van der Waals surface area contributed by atoms with Crippen LogP contribution in [0, 0.1) is 0 Å². The van der Waals surface area contributed by atoms with Gasteiger partial charge in [0.25, 0.3) is 0 Å². The molecule has 420 valence electrons. The quantitative estimate of drug-likeness (QED) is 0.0261. The smallest absolute Gasteiger partial charge is 0.306 e. The van der Waals surface area contributed by atoms with Gasteiger partial charge in [0.2, 0.25) is 0 Å². The third-order valence-electron chi connectivity index (χ3n) is 13.4. The number of hydrogen-bond acceptors (Lipinski definition) is 6. The second-order valence-electron chi connectivity index (χ2n) is 20.6. The summed E-state index contributed by atoms with van der Waals surface area (Å²) in [5, 5.41) is 0. The molecule has 0 aliphatic heterocycles. The van der Waals surface area contributed by atoms with E-state index in [1.54, 1.807) is 0 Å². The molecule has 0 aliphatic carbocycles. The van der Waals surface area contributed by atoms with E-state index in [-0.39, 0.29) is 31.1 Å². The lowest BCUT2D eigenvalue weighted by molar-refractivity contribution is -0.167. The number of carbonyl (C=O) groups is 3. The minimum absolute atomic E-state index is 0.0717. The van der Waals surface area contributed by atoms with Crippen LogP contribution in [0.2, 0.25) is 0 Å². The van der Waals surface area contributed by atoms with Crippen LogP contribution in [0.15, 0.2) is 85.1 Å². The minimum atomic E-state index is -0.771. The topological polar surface area (TPSA) is 78.9 Å². The van der Waals surface area contributed by atoms with Gasteiger partial charge in [0.1, 0.15) is 13.2 Å². The van der Waals surface area contributed by atoms with Crippen molar-refractivity contribution in [1.82, 2.24) is 0 Å². The Hall–Kier alpha value is -3.41. The van der Waals surface area contributed by atoms with E-state index >= 15 is 0 Å². The number of esters is 3. The van der Waals surface area contributed by atoms with Crippen molar-refractivity contribution in [3.05, 3.63) is 85.1 Å². The van der Waals surface area contributed by atoms with Crippen molar-refractivity contribution in [3.8, 4) is 0 Å². The zero-order chi connectivity index (χ0) is 52.9. The molecule has 1 unspecified atom stereocenters. The number of rotatable bonds is 56. The lowest BCUT2D eigenvalue weighted by Crippen LogP contribution is -2.30. The summed E-state index contributed by atoms with van der Waals surface area (Å²) in [4.78, 5) is 38.1. The van der Waals surface area contributed by atoms with Gasteiger partial charge in [-0.1, -0.05) is 292 Å². The van der Waals surface area contributed by atoms with Crippen LogP contribution in [-0.2, 0) is 28.6 Å². The normalized spacial score (nSPS) is 12.6. The van der Waals surface area contributed by atoms with E-state index in [1.807, 2.05) is 0 Å². The fraction of sp³-hybridized carbons (Fsp3) is 0.746. The molecule has 0 rings (SSSR count). The SMILES string of the molecule is CC/C=C\C/C=C\C/C=C\C/C=C\C/C=C\C/C=C\C/C=C\CCCCCCCCCCCCCC(=O)OCC(COC(=O)CCCCCCCCCCCC)OC(=O)CCCCCCCCCCCCCC. The maximum Gasteiger partial charge on any atom is 0.306 e. The largest absolute Gasteiger partial charge is 0.462 e. The molecule has 1 atom stereocenters. The van der Waals surface area contributed by atoms with Crippen molar-refractivity contribution in [2.75, 3.05) is 13.2 Å². The first kappa shape index (κ1) is 69.6. The average Bonchev–Trinajstić information content (AvgIpc) is 3.39. The van der Waals surface area contributed by atoms with Crippen LogP contribution in [0.4, 0.5) is 0 Å². The van der Waals surface area contributed by atoms with Gasteiger partial charge in [0, 0.05) is 19.3 Å². The highest BCUT2D eigenvalue weighted by molar-refractivity contribution is 5.71. The average molecular weight is 1020 g/mol. The Morgan fingerprint density at radius 3 is 0.836 bits per heavy atom. The van der Waals surface area contributed by atoms with E-state index in [1.165, 1.54) is 161 Å². The molecule has 73 heavy (non-hydrogen) atoms. The van der Waals surface area contributed by atoms with Gasteiger partial charge in [-0.2, -0.15) is 0 Å². The predicted octanol–water partition coefficient (Wildman–Crippen LogP) is 21.1. The van der Waals surface area contributed by atoms with E-state index in [4.69, 9.17) is 14.2 Å². The van der Waals surface area contributed by atoms with Crippen LogP contribution >= 0.6 is 0 Å². The Bertz CT molecular complexity index is 1400. The van der Waals surface area contributed by atoms with E-state index in [0.717, 1.165) is 103 Å². The van der Waals surface area contributed by atoms with Crippen molar-refractivity contribution in [2.45, 2.75) is 309 Å². The van der Waals surface area contributed by atoms with E-state index in [0.29, 0.717) is 19.3 Å². The summed E-state index contributed by atoms with van der Waals surface area (Å²) in [5.41, 5.74) is 0. The van der Waals surface area contributed by atoms with Crippen LogP contribution in [0.1, 0.15) is 303 Å². The van der Waals surface area contributed by atoms with Gasteiger partial charge in [-0.3, -0.25) is 14.4 Å². The van der Waals surface area contributed by atoms with E-state index in [2.05, 4.69) is 106 Å². The summed E-state index contributed by atoms with van der Waals surface area (Å²) < 4.78 is 16.8. The summed E-state index contributed by atoms with van der Waals surface area (Å²) in [5.74, 6) is -0.866. The summed E-state index contributed by atoms with van der Waals surface area (Å²) in [7, 11) is 0. The van der Waals surface area contributed by atoms with Gasteiger partial charge < -0.3 is 14.2 Å². The second-order valence-corrected chi connectivity index (χ2v) is 20.6. The van der Waals surface area contributed by atoms with Crippen LogP contribution in [-0.4, -0.2) is 37.2 Å². The first-order valence-electron chi connectivity index (χ1n) is 31.1. The summed E-state index contributed by atoms with van der Waals surface area (Å²) >= 11 is 0. The molecule has 6 nitrogen and oxygen atoms in total. The van der Waals surface area contributed by atoms with Crippen molar-refractivity contribution in [2.24, 2.45) is 0 Å². The third kappa shape index (κ3) is 59.3. The van der Waals surface area contributed by atoms with Gasteiger partial charge in [0.15, 0.2) is 6.10 Å². The molecule has 0 radical (unpaired) electrons. The molecule has 0 saturated carbocycles. The lowest BCUT2D eigenvalue weighted by atomic mass is 10.0. The highest BCUT2D eigenvalue weighted by atomic mass is 16.6. The molecule has 0 bridgehead atoms. The van der Waals surface area contributed by atoms with Gasteiger partial charge in [0.05, 0.1) is 0 Å². The highest BCUT2D eigenvalue weighted by Crippen LogP contribution is 2.16. The molecular formula is C67H116O6. The maximum absolute atomic E-state index is 12.8. The second kappa shape index (κ2) is 61.1. The Balaban J connectivity index is 4.11. The maximum atomic E-state index is 12.8. The lowest BCUT2D eigenvalue weighted by Gasteiger charge is -2.18. The predicted molar refractivity (Wildman–Crippen MR) is 316 cm³/mol. The van der Waals surface area contributed by atoms with Crippen molar-refractivity contribution in [1.29, 1.82) is 0 Å². The van der Waals surface area contributed by atoms with Crippen LogP contribution in [0.3, 0.4) is 0 Å². The zero-order valence-corrected chi connectivity index (χ0v) is 48.1. The van der Waals surface area contributed by atoms with Gasteiger partial charge in [-0.05, 0) is 77.0 Å². The molecule has 0 saturated heterocycles. The zero-order valence-electron chi connectivity index (χ0n) is 48.1. The molecule has 0 spiro atoms. The van der Waals surface area contributed by atoms with E-state index in [9.17, 15) is 14.4 Å². The van der Waals surface area contributed by atoms with Crippen LogP contribution in [0.25, 0.3) is 0 Å². The Morgan fingerprint density at radius 2 is 0.534 bits per heavy atom. The van der Waals surface area contributed by atoms with E-state index < -0.39 is 6.10 Å². The molecule has 0 N–H and O–H groups in total. The molecular weight excluding hydrogens is 901 g/mol. The molecule has 0 amide bonds. The number of unbranched alkanes of at least 4 members (excludes halogenated alkanes) is 31. The van der Waals surface area contributed by atoms with Crippen LogP contribution in [0.5, 0.6) is 0 Å². The van der Waals surface area contributed by atoms with Gasteiger partial charge in [-0.15, -0.1) is 0 Å². The Kier molecular flexibility index (Phi) is 58.3. The van der Waals surface area contributed by atoms with Gasteiger partial charge >= 0.3 is 17.9 Å². The molecule has 0 fully saturated rings. The molecule has 0 aromatic heterocycles. The Morgan fingerprint density at radius 1 is 0.288 bits per heavy atom. The summed E-state index contributed by atoms with van der Waals surface area (Å²) in [6, 6.07) is 0. The van der Waals surface area contributed by atoms with Crippen LogP contribution < -0.4 is 0 Å². The molecule has 0 aromatic rings. The number of hydrogen-bond donors (Lipinski definition) is 0. The highest BCUT2D eigenvalue weighted by Gasteiger charge is 2.19. The molecule has 6 heteroatoms. The molecule has 0 aliphatic rings. The first-order chi connectivity index (χ1) is 36.0. The minimum Gasteiger partial charge on any atom is -0.462 e. The monoisotopic (exact) mass is 1020 g/mol. The Labute approximate surface area is 452 Å². The third-order valence-corrected chi connectivity index (χ3v) is 13.4. The fourth-order valence-electron chi connectivity index (χ4n) is 8.78. The first-order valence-corrected chi connectivity index (χ1v) is 31.1. The molecule has 0 aromatic carbocycles. The number of allylic oxidation sites excluding steroid dienone is 14. The molecule has 0 heterocycles. The standard InChI is InChI=1S/C67H116O6/c1-4-7-10-13-16-19-22-24-25-26-27-28-29-30-31-32-33-34-35-36-37-38-39-40-41-42-43-44-46-48-51-54-57-60-66(69)72-63-64(62-71-65(68)59-56-53-50-47-21-18-15-12-9-6-3)73-67(70)61-58-55-52-49-45-23-20-17-14-11-8-5-2/h7,10,16,19,24-25,27-28,30-31,33-34,36-37,64H,4-6,8-9,11-15,17-18,20-23,26,29,32,35,38-63H2,1-3H3/b10-7-,19-16-,25-24-,28-27-,31-30-,34-33-,37-36-. The fourth-order valence-corrected chi connectivity index (χ4v) is 8.78. The summed E-state index contributed by atoms with van der Waals surface area (Å²) in [6.45, 7) is 6.53. The van der Waals surface area contributed by atoms with Gasteiger partial charge in [-0.25, -0.2) is 0 Å². The van der Waals surface area contributed by atoms with Crippen molar-refractivity contribution < 1.29 is 28.6 Å². The number of carbonyl (C=O) groups excluding carboxylic acids is 3.